The van der Waals surface area contributed by atoms with E-state index in [-0.39, 0.29) is 19.7 Å². The summed E-state index contributed by atoms with van der Waals surface area (Å²) < 4.78 is 5.65. The van der Waals surface area contributed by atoms with E-state index in [1.807, 2.05) is 19.1 Å². The average molecular weight is 345 g/mol. The first-order valence-electron chi connectivity index (χ1n) is 5.97. The topological polar surface area (TPSA) is 78.9 Å². The zero-order chi connectivity index (χ0) is 15.1. The Labute approximate surface area is 125 Å². The van der Waals surface area contributed by atoms with Crippen LogP contribution in [-0.2, 0) is 9.53 Å². The molecule has 0 saturated heterocycles. The number of aliphatic carboxylic acids is 1. The van der Waals surface area contributed by atoms with E-state index in [0.29, 0.717) is 5.69 Å². The number of nitrogens with zero attached hydrogens (tertiary/aromatic N) is 1. The maximum Gasteiger partial charge on any atom is 0.323 e. The normalized spacial score (nSPS) is 10.2. The second-order valence-corrected chi connectivity index (χ2v) is 4.97. The van der Waals surface area contributed by atoms with Gasteiger partial charge in [-0.1, -0.05) is 12.1 Å². The highest BCUT2D eigenvalue weighted by molar-refractivity contribution is 9.10. The van der Waals surface area contributed by atoms with Crippen LogP contribution in [-0.4, -0.2) is 48.8 Å². The minimum atomic E-state index is -1.07. The van der Waals surface area contributed by atoms with Gasteiger partial charge in [-0.25, -0.2) is 4.79 Å². The van der Waals surface area contributed by atoms with Gasteiger partial charge in [-0.15, -0.1) is 0 Å². The fraction of sp³-hybridized carbons (Fsp3) is 0.385. The molecule has 110 valence electrons. The Balaban J connectivity index is 2.79. The third-order valence-electron chi connectivity index (χ3n) is 2.61. The highest BCUT2D eigenvalue weighted by Gasteiger charge is 2.17. The molecule has 0 fully saturated rings. The minimum Gasteiger partial charge on any atom is -0.480 e. The molecule has 2 N–H and O–H groups in total. The summed E-state index contributed by atoms with van der Waals surface area (Å²) in [6, 6.07) is 4.98. The van der Waals surface area contributed by atoms with Gasteiger partial charge in [0.15, 0.2) is 0 Å². The molecule has 1 aromatic rings. The van der Waals surface area contributed by atoms with Gasteiger partial charge >= 0.3 is 12.0 Å². The monoisotopic (exact) mass is 344 g/mol. The first-order chi connectivity index (χ1) is 9.45. The molecule has 6 nitrogen and oxygen atoms in total. The molecule has 0 spiro atoms. The van der Waals surface area contributed by atoms with Crippen molar-refractivity contribution in [3.05, 3.63) is 28.2 Å². The summed E-state index contributed by atoms with van der Waals surface area (Å²) in [7, 11) is 1.49. The average Bonchev–Trinajstić information content (AvgIpc) is 2.39. The number of urea groups is 1. The van der Waals surface area contributed by atoms with Crippen LogP contribution in [0.2, 0.25) is 0 Å². The van der Waals surface area contributed by atoms with E-state index in [1.54, 1.807) is 6.07 Å². The Morgan fingerprint density at radius 1 is 1.45 bits per heavy atom. The van der Waals surface area contributed by atoms with Crippen molar-refractivity contribution in [1.82, 2.24) is 4.90 Å². The summed E-state index contributed by atoms with van der Waals surface area (Å²) in [6.07, 6.45) is 0. The number of ether oxygens (including phenoxy) is 1. The van der Waals surface area contributed by atoms with Crippen LogP contribution in [0, 0.1) is 6.92 Å². The lowest BCUT2D eigenvalue weighted by Gasteiger charge is -2.21. The minimum absolute atomic E-state index is 0.206. The highest BCUT2D eigenvalue weighted by atomic mass is 79.9. The van der Waals surface area contributed by atoms with Gasteiger partial charge < -0.3 is 20.1 Å². The third kappa shape index (κ3) is 4.82. The van der Waals surface area contributed by atoms with Gasteiger partial charge in [0.25, 0.3) is 0 Å². The molecule has 0 aromatic heterocycles. The Bertz CT molecular complexity index is 493. The molecule has 0 saturated carbocycles. The van der Waals surface area contributed by atoms with Gasteiger partial charge in [-0.05, 0) is 34.5 Å². The molecule has 0 heterocycles. The number of methoxy groups -OCH3 is 1. The molecular weight excluding hydrogens is 328 g/mol. The van der Waals surface area contributed by atoms with Gasteiger partial charge in [-0.2, -0.15) is 0 Å². The van der Waals surface area contributed by atoms with E-state index in [4.69, 9.17) is 9.84 Å². The number of anilines is 1. The number of hydrogen-bond acceptors (Lipinski definition) is 3. The number of aryl methyl sites for hydroxylation is 1. The number of halogens is 1. The maximum absolute atomic E-state index is 12.1. The SMILES string of the molecule is COCCN(CC(=O)O)C(=O)Nc1cccc(C)c1Br. The Hall–Kier alpha value is -1.60. The molecule has 0 unspecified atom stereocenters. The molecule has 1 rings (SSSR count). The number of carboxylic acids is 1. The molecule has 0 aliphatic carbocycles. The van der Waals surface area contributed by atoms with Crippen LogP contribution < -0.4 is 5.32 Å². The third-order valence-corrected chi connectivity index (χ3v) is 3.66. The number of carboxylic acid groups (broad SMARTS) is 1. The lowest BCUT2D eigenvalue weighted by Crippen LogP contribution is -2.40. The maximum atomic E-state index is 12.1. The Morgan fingerprint density at radius 2 is 2.15 bits per heavy atom. The van der Waals surface area contributed by atoms with Crippen molar-refractivity contribution >= 4 is 33.6 Å². The van der Waals surface area contributed by atoms with Gasteiger partial charge in [0.05, 0.1) is 12.3 Å². The van der Waals surface area contributed by atoms with Crippen LogP contribution in [0.5, 0.6) is 0 Å². The van der Waals surface area contributed by atoms with Crippen molar-refractivity contribution in [3.63, 3.8) is 0 Å². The summed E-state index contributed by atoms with van der Waals surface area (Å²) in [5, 5.41) is 11.5. The standard InChI is InChI=1S/C13H17BrN2O4/c1-9-4-3-5-10(12(9)14)15-13(19)16(6-7-20-2)8-11(17)18/h3-5H,6-8H2,1-2H3,(H,15,19)(H,17,18). The van der Waals surface area contributed by atoms with Crippen molar-refractivity contribution in [1.29, 1.82) is 0 Å². The largest absolute Gasteiger partial charge is 0.480 e. The number of carbonyl (C=O) groups is 2. The van der Waals surface area contributed by atoms with Crippen LogP contribution in [0.1, 0.15) is 5.56 Å². The fourth-order valence-electron chi connectivity index (χ4n) is 1.56. The number of hydrogen-bond donors (Lipinski definition) is 2. The van der Waals surface area contributed by atoms with Crippen molar-refractivity contribution in [2.45, 2.75) is 6.92 Å². The van der Waals surface area contributed by atoms with E-state index >= 15 is 0 Å². The molecule has 2 amide bonds. The Morgan fingerprint density at radius 3 is 2.75 bits per heavy atom. The summed E-state index contributed by atoms with van der Waals surface area (Å²) in [5.41, 5.74) is 1.58. The van der Waals surface area contributed by atoms with E-state index < -0.39 is 12.0 Å². The summed E-state index contributed by atoms with van der Waals surface area (Å²) in [6.45, 7) is 2.01. The van der Waals surface area contributed by atoms with Crippen LogP contribution in [0.25, 0.3) is 0 Å². The number of rotatable bonds is 6. The van der Waals surface area contributed by atoms with Crippen LogP contribution in [0.3, 0.4) is 0 Å². The number of nitrogens with one attached hydrogen (secondary N) is 1. The Kier molecular flexibility index (Phi) is 6.47. The smallest absolute Gasteiger partial charge is 0.323 e. The zero-order valence-electron chi connectivity index (χ0n) is 11.4. The molecule has 0 aliphatic heterocycles. The number of carbonyl (C=O) groups excluding carboxylic acids is 1. The lowest BCUT2D eigenvalue weighted by molar-refractivity contribution is -0.137. The second-order valence-electron chi connectivity index (χ2n) is 4.17. The molecule has 0 radical (unpaired) electrons. The lowest BCUT2D eigenvalue weighted by atomic mass is 10.2. The van der Waals surface area contributed by atoms with E-state index in [9.17, 15) is 9.59 Å². The van der Waals surface area contributed by atoms with Crippen LogP contribution in [0.4, 0.5) is 10.5 Å². The molecular formula is C13H17BrN2O4. The van der Waals surface area contributed by atoms with Gasteiger partial charge in [0.1, 0.15) is 6.54 Å². The molecule has 20 heavy (non-hydrogen) atoms. The molecule has 0 bridgehead atoms. The van der Waals surface area contributed by atoms with Gasteiger partial charge in [0, 0.05) is 18.1 Å². The molecule has 0 aliphatic rings. The summed E-state index contributed by atoms with van der Waals surface area (Å²) in [4.78, 5) is 24.1. The first kappa shape index (κ1) is 16.5. The van der Waals surface area contributed by atoms with Crippen molar-refractivity contribution in [3.8, 4) is 0 Å². The predicted octanol–water partition coefficient (Wildman–Crippen LogP) is 2.32. The summed E-state index contributed by atoms with van der Waals surface area (Å²) >= 11 is 3.39. The molecule has 7 heteroatoms. The van der Waals surface area contributed by atoms with Gasteiger partial charge in [0.2, 0.25) is 0 Å². The molecule has 0 atom stereocenters. The van der Waals surface area contributed by atoms with Crippen molar-refractivity contribution in [2.24, 2.45) is 0 Å². The van der Waals surface area contributed by atoms with E-state index in [1.165, 1.54) is 12.0 Å². The van der Waals surface area contributed by atoms with E-state index in [0.717, 1.165) is 10.0 Å². The predicted molar refractivity (Wildman–Crippen MR) is 79.0 cm³/mol. The van der Waals surface area contributed by atoms with Crippen LogP contribution in [0.15, 0.2) is 22.7 Å². The van der Waals surface area contributed by atoms with E-state index in [2.05, 4.69) is 21.2 Å². The van der Waals surface area contributed by atoms with Crippen LogP contribution >= 0.6 is 15.9 Å². The quantitative estimate of drug-likeness (QED) is 0.829. The first-order valence-corrected chi connectivity index (χ1v) is 6.76. The highest BCUT2D eigenvalue weighted by Crippen LogP contribution is 2.25. The van der Waals surface area contributed by atoms with Gasteiger partial charge in [-0.3, -0.25) is 4.79 Å². The molecule has 1 aromatic carbocycles. The second kappa shape index (κ2) is 7.86. The fourth-order valence-corrected chi connectivity index (χ4v) is 1.92. The van der Waals surface area contributed by atoms with Crippen molar-refractivity contribution < 1.29 is 19.4 Å². The number of benzene rings is 1. The summed E-state index contributed by atoms with van der Waals surface area (Å²) in [5.74, 6) is -1.07. The number of amides is 2. The van der Waals surface area contributed by atoms with Crippen molar-refractivity contribution in [2.75, 3.05) is 32.1 Å². The zero-order valence-corrected chi connectivity index (χ0v) is 12.9.